The van der Waals surface area contributed by atoms with Crippen molar-refractivity contribution in [3.8, 4) is 11.4 Å². The number of alkyl halides is 6. The van der Waals surface area contributed by atoms with Crippen LogP contribution in [-0.2, 0) is 28.4 Å². The number of rotatable bonds is 5. The Bertz CT molecular complexity index is 809. The van der Waals surface area contributed by atoms with Crippen LogP contribution in [0.2, 0.25) is 0 Å². The first-order valence-corrected chi connectivity index (χ1v) is 7.42. The van der Waals surface area contributed by atoms with Gasteiger partial charge in [0.25, 0.3) is 0 Å². The van der Waals surface area contributed by atoms with Crippen molar-refractivity contribution in [1.29, 1.82) is 0 Å². The Morgan fingerprint density at radius 3 is 2.22 bits per heavy atom. The van der Waals surface area contributed by atoms with Crippen molar-refractivity contribution in [3.05, 3.63) is 48.3 Å². The maximum absolute atomic E-state index is 12.9. The van der Waals surface area contributed by atoms with Gasteiger partial charge in [-0.15, -0.1) is 0 Å². The van der Waals surface area contributed by atoms with Gasteiger partial charge in [-0.3, -0.25) is 0 Å². The van der Waals surface area contributed by atoms with Gasteiger partial charge in [0.2, 0.25) is 0 Å². The van der Waals surface area contributed by atoms with E-state index in [0.717, 1.165) is 17.1 Å². The fourth-order valence-electron chi connectivity index (χ4n) is 2.15. The van der Waals surface area contributed by atoms with Crippen LogP contribution in [0.5, 0.6) is 0 Å². The van der Waals surface area contributed by atoms with E-state index in [2.05, 4.69) is 16.7 Å². The maximum atomic E-state index is 12.9. The number of carbonyl (C=O) groups is 1. The minimum atomic E-state index is -4.97. The van der Waals surface area contributed by atoms with Crippen LogP contribution in [-0.4, -0.2) is 26.8 Å². The predicted molar refractivity (Wildman–Crippen MR) is 81.2 cm³/mol. The van der Waals surface area contributed by atoms with Gasteiger partial charge in [0, 0.05) is 11.6 Å². The van der Waals surface area contributed by atoms with E-state index in [9.17, 15) is 31.1 Å². The van der Waals surface area contributed by atoms with Crippen LogP contribution >= 0.6 is 0 Å². The Morgan fingerprint density at radius 1 is 1.19 bits per heavy atom. The van der Waals surface area contributed by atoms with Crippen molar-refractivity contribution in [1.82, 2.24) is 14.8 Å². The summed E-state index contributed by atoms with van der Waals surface area (Å²) in [5.74, 6) is -1.01. The van der Waals surface area contributed by atoms with E-state index in [1.807, 2.05) is 0 Å². The average Bonchev–Trinajstić information content (AvgIpc) is 3.01. The fraction of sp³-hybridized carbons (Fsp3) is 0.312. The lowest BCUT2D eigenvalue weighted by atomic mass is 10.0. The van der Waals surface area contributed by atoms with Crippen molar-refractivity contribution in [3.63, 3.8) is 0 Å². The zero-order valence-electron chi connectivity index (χ0n) is 13.8. The molecule has 0 aliphatic heterocycles. The van der Waals surface area contributed by atoms with Gasteiger partial charge in [-0.1, -0.05) is 6.58 Å². The van der Waals surface area contributed by atoms with Crippen LogP contribution in [0.1, 0.15) is 18.1 Å². The number of ether oxygens (including phenoxy) is 1. The van der Waals surface area contributed by atoms with Gasteiger partial charge in [-0.2, -0.15) is 31.4 Å². The Morgan fingerprint density at radius 2 is 1.74 bits per heavy atom. The maximum Gasteiger partial charge on any atom is 0.416 e. The van der Waals surface area contributed by atoms with Crippen molar-refractivity contribution in [2.75, 3.05) is 0 Å². The second-order valence-corrected chi connectivity index (χ2v) is 5.54. The molecule has 0 saturated carbocycles. The number of hydrogen-bond donors (Lipinski definition) is 0. The van der Waals surface area contributed by atoms with Gasteiger partial charge >= 0.3 is 18.3 Å². The van der Waals surface area contributed by atoms with E-state index in [1.54, 1.807) is 0 Å². The van der Waals surface area contributed by atoms with Gasteiger partial charge in [0.05, 0.1) is 17.7 Å². The van der Waals surface area contributed by atoms with Crippen LogP contribution in [0.15, 0.2) is 37.2 Å². The zero-order chi connectivity index (χ0) is 20.4. The van der Waals surface area contributed by atoms with Crippen LogP contribution in [0.4, 0.5) is 26.3 Å². The number of halogens is 6. The highest BCUT2D eigenvalue weighted by Crippen LogP contribution is 2.38. The second-order valence-electron chi connectivity index (χ2n) is 5.54. The van der Waals surface area contributed by atoms with Crippen molar-refractivity contribution >= 4 is 5.97 Å². The Hall–Kier alpha value is -2.85. The Balaban J connectivity index is 2.34. The molecule has 11 heteroatoms. The Kier molecular flexibility index (Phi) is 5.62. The third-order valence-corrected chi connectivity index (χ3v) is 3.31. The molecule has 1 heterocycles. The minimum absolute atomic E-state index is 0.00231. The fourth-order valence-corrected chi connectivity index (χ4v) is 2.15. The molecule has 1 atom stereocenters. The largest absolute Gasteiger partial charge is 0.458 e. The number of hydrogen-bond acceptors (Lipinski definition) is 4. The molecule has 0 amide bonds. The van der Waals surface area contributed by atoms with Gasteiger partial charge in [-0.25, -0.2) is 14.5 Å². The molecule has 0 N–H and O–H groups in total. The van der Waals surface area contributed by atoms with Crippen LogP contribution in [0.3, 0.4) is 0 Å². The molecule has 1 aromatic carbocycles. The summed E-state index contributed by atoms with van der Waals surface area (Å²) >= 11 is 0. The summed E-state index contributed by atoms with van der Waals surface area (Å²) in [5.41, 5.74) is -3.36. The number of carbonyl (C=O) groups excluding carboxylic acids is 1. The molecule has 2 aromatic rings. The molecule has 27 heavy (non-hydrogen) atoms. The van der Waals surface area contributed by atoms with Crippen LogP contribution < -0.4 is 0 Å². The van der Waals surface area contributed by atoms with E-state index in [0.29, 0.717) is 12.1 Å². The van der Waals surface area contributed by atoms with E-state index in [-0.39, 0.29) is 18.4 Å². The van der Waals surface area contributed by atoms with Gasteiger partial charge in [0.1, 0.15) is 12.4 Å². The predicted octanol–water partition coefficient (Wildman–Crippen LogP) is 4.10. The molecular formula is C16H13F6N3O2. The molecule has 0 bridgehead atoms. The number of benzene rings is 1. The van der Waals surface area contributed by atoms with E-state index < -0.39 is 41.1 Å². The van der Waals surface area contributed by atoms with Crippen molar-refractivity contribution in [2.45, 2.75) is 31.9 Å². The summed E-state index contributed by atoms with van der Waals surface area (Å²) in [4.78, 5) is 14.8. The highest BCUT2D eigenvalue weighted by atomic mass is 19.4. The normalized spacial score (nSPS) is 13.3. The number of esters is 1. The summed E-state index contributed by atoms with van der Waals surface area (Å²) in [7, 11) is 0. The topological polar surface area (TPSA) is 57.0 Å². The van der Waals surface area contributed by atoms with Gasteiger partial charge < -0.3 is 4.74 Å². The third kappa shape index (κ3) is 5.31. The molecule has 0 aliphatic rings. The summed E-state index contributed by atoms with van der Waals surface area (Å²) in [6.45, 7) is 4.75. The second kappa shape index (κ2) is 7.41. The van der Waals surface area contributed by atoms with Gasteiger partial charge in [-0.05, 0) is 25.1 Å². The highest BCUT2D eigenvalue weighted by molar-refractivity contribution is 5.81. The molecule has 146 valence electrons. The molecule has 1 unspecified atom stereocenters. The van der Waals surface area contributed by atoms with Crippen molar-refractivity contribution in [2.24, 2.45) is 0 Å². The van der Waals surface area contributed by atoms with Crippen molar-refractivity contribution < 1.29 is 35.9 Å². The summed E-state index contributed by atoms with van der Waals surface area (Å²) in [6.07, 6.45) is -8.54. The molecule has 0 saturated heterocycles. The van der Waals surface area contributed by atoms with Gasteiger partial charge in [0.15, 0.2) is 5.82 Å². The van der Waals surface area contributed by atoms with E-state index in [4.69, 9.17) is 4.74 Å². The SMILES string of the molecule is C=CC(=O)OC(C)Cn1cnc(-c2cc(C(F)(F)F)cc(C(F)(F)F)c2)n1. The summed E-state index contributed by atoms with van der Waals surface area (Å²) < 4.78 is 83.5. The smallest absolute Gasteiger partial charge is 0.416 e. The molecule has 0 fully saturated rings. The zero-order valence-corrected chi connectivity index (χ0v) is 13.8. The first-order valence-electron chi connectivity index (χ1n) is 7.42. The first kappa shape index (κ1) is 20.5. The van der Waals surface area contributed by atoms with Crippen LogP contribution in [0.25, 0.3) is 11.4 Å². The standard InChI is InChI=1S/C16H13F6N3O2/c1-3-13(26)27-9(2)7-25-8-23-14(24-25)10-4-11(15(17,18)19)6-12(5-10)16(20,21)22/h3-6,8-9H,1,7H2,2H3. The molecule has 0 aliphatic carbocycles. The lowest BCUT2D eigenvalue weighted by Gasteiger charge is -2.13. The summed E-state index contributed by atoms with van der Waals surface area (Å²) in [6, 6.07) is 1.10. The third-order valence-electron chi connectivity index (χ3n) is 3.31. The Labute approximate surface area is 149 Å². The number of nitrogens with zero attached hydrogens (tertiary/aromatic N) is 3. The summed E-state index contributed by atoms with van der Waals surface area (Å²) in [5, 5.41) is 3.85. The highest BCUT2D eigenvalue weighted by Gasteiger charge is 2.37. The van der Waals surface area contributed by atoms with E-state index >= 15 is 0 Å². The minimum Gasteiger partial charge on any atom is -0.458 e. The first-order chi connectivity index (χ1) is 12.4. The van der Waals surface area contributed by atoms with Crippen LogP contribution in [0, 0.1) is 0 Å². The lowest BCUT2D eigenvalue weighted by Crippen LogP contribution is -2.19. The lowest BCUT2D eigenvalue weighted by molar-refractivity contribution is -0.144. The average molecular weight is 393 g/mol. The number of aromatic nitrogens is 3. The molecule has 0 spiro atoms. The quantitative estimate of drug-likeness (QED) is 0.436. The molecular weight excluding hydrogens is 380 g/mol. The van der Waals surface area contributed by atoms with E-state index in [1.165, 1.54) is 6.92 Å². The molecule has 5 nitrogen and oxygen atoms in total. The monoisotopic (exact) mass is 393 g/mol. The molecule has 2 rings (SSSR count). The molecule has 0 radical (unpaired) electrons. The molecule has 1 aromatic heterocycles.